The van der Waals surface area contributed by atoms with Gasteiger partial charge in [-0.05, 0) is 55.2 Å². The standard InChI is InChI=1S/C16H17N3/c1-12(15-7-4-9-18-15)14-6-3-10-19-16(14)13-5-2-8-17-11-13/h2,4-5,7-9,11,18H,3,6,10H2,1H3. The van der Waals surface area contributed by atoms with Gasteiger partial charge < -0.3 is 4.98 Å². The number of aliphatic imine (C=N–C) groups is 1. The van der Waals surface area contributed by atoms with E-state index in [1.165, 1.54) is 16.8 Å². The molecule has 96 valence electrons. The summed E-state index contributed by atoms with van der Waals surface area (Å²) in [5.74, 6) is 0. The number of hydrogen-bond acceptors (Lipinski definition) is 2. The number of rotatable bonds is 2. The fourth-order valence-corrected chi connectivity index (χ4v) is 2.52. The molecular formula is C16H17N3. The predicted molar refractivity (Wildman–Crippen MR) is 78.3 cm³/mol. The van der Waals surface area contributed by atoms with Crippen molar-refractivity contribution >= 4 is 11.3 Å². The molecule has 0 radical (unpaired) electrons. The highest BCUT2D eigenvalue weighted by Crippen LogP contribution is 2.26. The molecule has 0 aromatic carbocycles. The molecule has 0 spiro atoms. The molecule has 2 aromatic heterocycles. The first-order valence-corrected chi connectivity index (χ1v) is 6.65. The summed E-state index contributed by atoms with van der Waals surface area (Å²) >= 11 is 0. The summed E-state index contributed by atoms with van der Waals surface area (Å²) in [5.41, 5.74) is 6.01. The van der Waals surface area contributed by atoms with Crippen LogP contribution in [0.2, 0.25) is 0 Å². The third-order valence-electron chi connectivity index (χ3n) is 3.53. The molecule has 1 aliphatic heterocycles. The molecule has 0 aliphatic carbocycles. The number of hydrogen-bond donors (Lipinski definition) is 1. The van der Waals surface area contributed by atoms with E-state index in [9.17, 15) is 0 Å². The Balaban J connectivity index is 2.07. The summed E-state index contributed by atoms with van der Waals surface area (Å²) in [4.78, 5) is 12.2. The first-order valence-electron chi connectivity index (χ1n) is 6.65. The Morgan fingerprint density at radius 2 is 2.21 bits per heavy atom. The van der Waals surface area contributed by atoms with Crippen LogP contribution in [0.1, 0.15) is 31.0 Å². The quantitative estimate of drug-likeness (QED) is 0.872. The van der Waals surface area contributed by atoms with Gasteiger partial charge in [-0.25, -0.2) is 0 Å². The molecule has 19 heavy (non-hydrogen) atoms. The van der Waals surface area contributed by atoms with Crippen LogP contribution in [0.5, 0.6) is 0 Å². The zero-order valence-electron chi connectivity index (χ0n) is 11.1. The van der Waals surface area contributed by atoms with Crippen molar-refractivity contribution in [3.63, 3.8) is 0 Å². The molecule has 1 aliphatic rings. The van der Waals surface area contributed by atoms with Gasteiger partial charge in [-0.15, -0.1) is 0 Å². The highest BCUT2D eigenvalue weighted by Gasteiger charge is 2.17. The average Bonchev–Trinajstić information content (AvgIpc) is 3.02. The second kappa shape index (κ2) is 5.22. The summed E-state index contributed by atoms with van der Waals surface area (Å²) in [6, 6.07) is 8.19. The molecule has 0 unspecified atom stereocenters. The van der Waals surface area contributed by atoms with Crippen molar-refractivity contribution in [2.75, 3.05) is 6.54 Å². The van der Waals surface area contributed by atoms with E-state index in [4.69, 9.17) is 4.99 Å². The van der Waals surface area contributed by atoms with Crippen LogP contribution in [0.15, 0.2) is 53.4 Å². The van der Waals surface area contributed by atoms with Crippen LogP contribution in [0.4, 0.5) is 0 Å². The Bertz CT molecular complexity index is 607. The van der Waals surface area contributed by atoms with Crippen molar-refractivity contribution in [2.24, 2.45) is 4.99 Å². The van der Waals surface area contributed by atoms with E-state index in [1.54, 1.807) is 6.20 Å². The maximum absolute atomic E-state index is 4.72. The molecule has 3 heterocycles. The minimum Gasteiger partial charge on any atom is -0.361 e. The molecule has 3 nitrogen and oxygen atoms in total. The molecule has 3 rings (SSSR count). The third-order valence-corrected chi connectivity index (χ3v) is 3.53. The van der Waals surface area contributed by atoms with Gasteiger partial charge in [-0.2, -0.15) is 0 Å². The number of nitrogens with zero attached hydrogens (tertiary/aromatic N) is 2. The van der Waals surface area contributed by atoms with Gasteiger partial charge in [0.15, 0.2) is 0 Å². The van der Waals surface area contributed by atoms with E-state index < -0.39 is 0 Å². The van der Waals surface area contributed by atoms with Crippen LogP contribution in [0.3, 0.4) is 0 Å². The molecule has 1 N–H and O–H groups in total. The van der Waals surface area contributed by atoms with Gasteiger partial charge in [-0.3, -0.25) is 9.98 Å². The van der Waals surface area contributed by atoms with Crippen LogP contribution in [0, 0.1) is 0 Å². The van der Waals surface area contributed by atoms with E-state index in [0.29, 0.717) is 0 Å². The van der Waals surface area contributed by atoms with E-state index in [1.807, 2.05) is 24.5 Å². The fraction of sp³-hybridized carbons (Fsp3) is 0.250. The Hall–Kier alpha value is -2.16. The van der Waals surface area contributed by atoms with Gasteiger partial charge in [-0.1, -0.05) is 0 Å². The topological polar surface area (TPSA) is 41.0 Å². The van der Waals surface area contributed by atoms with E-state index in [-0.39, 0.29) is 0 Å². The van der Waals surface area contributed by atoms with Gasteiger partial charge in [0.25, 0.3) is 0 Å². The number of pyridine rings is 1. The number of allylic oxidation sites excluding steroid dienone is 2. The number of nitrogens with one attached hydrogen (secondary N) is 1. The lowest BCUT2D eigenvalue weighted by atomic mass is 9.92. The molecule has 0 fully saturated rings. The molecule has 0 amide bonds. The van der Waals surface area contributed by atoms with Crippen molar-refractivity contribution in [3.8, 4) is 0 Å². The highest BCUT2D eigenvalue weighted by molar-refractivity contribution is 6.16. The van der Waals surface area contributed by atoms with Crippen LogP contribution < -0.4 is 0 Å². The number of H-pyrrole nitrogens is 1. The summed E-state index contributed by atoms with van der Waals surface area (Å²) in [6.45, 7) is 3.07. The Morgan fingerprint density at radius 1 is 1.26 bits per heavy atom. The van der Waals surface area contributed by atoms with E-state index in [2.05, 4.69) is 29.0 Å². The van der Waals surface area contributed by atoms with Crippen LogP contribution in [0.25, 0.3) is 5.57 Å². The van der Waals surface area contributed by atoms with Crippen molar-refractivity contribution < 1.29 is 0 Å². The van der Waals surface area contributed by atoms with E-state index in [0.717, 1.165) is 30.7 Å². The van der Waals surface area contributed by atoms with Crippen molar-refractivity contribution in [1.82, 2.24) is 9.97 Å². The third kappa shape index (κ3) is 2.36. The molecule has 0 saturated carbocycles. The Labute approximate surface area is 113 Å². The van der Waals surface area contributed by atoms with E-state index >= 15 is 0 Å². The predicted octanol–water partition coefficient (Wildman–Crippen LogP) is 3.47. The zero-order chi connectivity index (χ0) is 13.1. The molecule has 0 saturated heterocycles. The van der Waals surface area contributed by atoms with Crippen LogP contribution >= 0.6 is 0 Å². The summed E-state index contributed by atoms with van der Waals surface area (Å²) in [5, 5.41) is 0. The van der Waals surface area contributed by atoms with Gasteiger partial charge in [0.2, 0.25) is 0 Å². The fourth-order valence-electron chi connectivity index (χ4n) is 2.52. The molecule has 0 bridgehead atoms. The number of aromatic amines is 1. The monoisotopic (exact) mass is 251 g/mol. The SMILES string of the molecule is CC(=C1CCCN=C1c1cccnc1)c1ccc[nH]1. The maximum atomic E-state index is 4.72. The maximum Gasteiger partial charge on any atom is 0.0697 e. The Morgan fingerprint density at radius 3 is 2.95 bits per heavy atom. The van der Waals surface area contributed by atoms with Crippen molar-refractivity contribution in [3.05, 3.63) is 59.7 Å². The summed E-state index contributed by atoms with van der Waals surface area (Å²) in [6.07, 6.45) is 7.86. The van der Waals surface area contributed by atoms with Gasteiger partial charge in [0.05, 0.1) is 5.71 Å². The van der Waals surface area contributed by atoms with Crippen LogP contribution in [-0.2, 0) is 0 Å². The molecule has 3 heteroatoms. The minimum absolute atomic E-state index is 0.908. The average molecular weight is 251 g/mol. The van der Waals surface area contributed by atoms with Crippen LogP contribution in [-0.4, -0.2) is 22.2 Å². The van der Waals surface area contributed by atoms with Gasteiger partial charge in [0.1, 0.15) is 0 Å². The van der Waals surface area contributed by atoms with Crippen molar-refractivity contribution in [1.29, 1.82) is 0 Å². The normalized spacial score (nSPS) is 18.1. The van der Waals surface area contributed by atoms with Gasteiger partial charge in [0, 0.05) is 36.4 Å². The Kier molecular flexibility index (Phi) is 3.27. The number of aromatic nitrogens is 2. The first kappa shape index (κ1) is 11.9. The highest BCUT2D eigenvalue weighted by atomic mass is 14.8. The molecular weight excluding hydrogens is 234 g/mol. The lowest BCUT2D eigenvalue weighted by Gasteiger charge is -2.18. The second-order valence-corrected chi connectivity index (χ2v) is 4.76. The molecule has 0 atom stereocenters. The second-order valence-electron chi connectivity index (χ2n) is 4.76. The summed E-state index contributed by atoms with van der Waals surface area (Å²) in [7, 11) is 0. The first-order chi connectivity index (χ1) is 9.36. The van der Waals surface area contributed by atoms with Gasteiger partial charge >= 0.3 is 0 Å². The smallest absolute Gasteiger partial charge is 0.0697 e. The molecule has 2 aromatic rings. The lowest BCUT2D eigenvalue weighted by molar-refractivity contribution is 0.815. The van der Waals surface area contributed by atoms with Crippen molar-refractivity contribution in [2.45, 2.75) is 19.8 Å². The minimum atomic E-state index is 0.908. The lowest BCUT2D eigenvalue weighted by Crippen LogP contribution is -2.13. The summed E-state index contributed by atoms with van der Waals surface area (Å²) < 4.78 is 0. The zero-order valence-corrected chi connectivity index (χ0v) is 11.1. The largest absolute Gasteiger partial charge is 0.361 e.